The summed E-state index contributed by atoms with van der Waals surface area (Å²) in [5.41, 5.74) is 0.298. The second kappa shape index (κ2) is 4.06. The van der Waals surface area contributed by atoms with Crippen LogP contribution in [0.5, 0.6) is 0 Å². The van der Waals surface area contributed by atoms with Crippen molar-refractivity contribution in [1.29, 1.82) is 0 Å². The van der Waals surface area contributed by atoms with Crippen molar-refractivity contribution in [3.63, 3.8) is 0 Å². The predicted molar refractivity (Wildman–Crippen MR) is 64.2 cm³/mol. The first kappa shape index (κ1) is 10.1. The number of benzene rings is 1. The van der Waals surface area contributed by atoms with Gasteiger partial charge >= 0.3 is 5.69 Å². The second-order valence-electron chi connectivity index (χ2n) is 3.40. The zero-order valence-electron chi connectivity index (χ0n) is 8.70. The van der Waals surface area contributed by atoms with Crippen molar-refractivity contribution in [2.24, 2.45) is 0 Å². The van der Waals surface area contributed by atoms with Gasteiger partial charge in [0.2, 0.25) is 0 Å². The van der Waals surface area contributed by atoms with Gasteiger partial charge in [-0.05, 0) is 12.1 Å². The van der Waals surface area contributed by atoms with Crippen LogP contribution in [0.15, 0.2) is 57.4 Å². The number of hydrogen-bond donors (Lipinski definition) is 1. The Morgan fingerprint density at radius 1 is 1.24 bits per heavy atom. The quantitative estimate of drug-likeness (QED) is 0.695. The topological polar surface area (TPSA) is 63.0 Å². The van der Waals surface area contributed by atoms with Crippen LogP contribution in [0, 0.1) is 0 Å². The Labute approximate surface area is 101 Å². The van der Waals surface area contributed by atoms with E-state index in [0.717, 1.165) is 9.92 Å². The van der Waals surface area contributed by atoms with Gasteiger partial charge in [0.05, 0.1) is 0 Å². The fourth-order valence-electron chi connectivity index (χ4n) is 1.46. The molecule has 0 bridgehead atoms. The summed E-state index contributed by atoms with van der Waals surface area (Å²) in [6.07, 6.45) is 1.48. The molecule has 0 fully saturated rings. The summed E-state index contributed by atoms with van der Waals surface area (Å²) in [6.45, 7) is 0. The fraction of sp³-hybridized carbons (Fsp3) is 0. The van der Waals surface area contributed by atoms with Crippen LogP contribution in [-0.2, 0) is 0 Å². The lowest BCUT2D eigenvalue weighted by atomic mass is 10.4. The van der Waals surface area contributed by atoms with Gasteiger partial charge in [0.1, 0.15) is 11.4 Å². The molecule has 3 aromatic rings. The number of H-pyrrole nitrogens is 1. The monoisotopic (exact) mass is 244 g/mol. The molecule has 1 N–H and O–H groups in total. The summed E-state index contributed by atoms with van der Waals surface area (Å²) < 4.78 is 1.37. The third kappa shape index (κ3) is 1.94. The molecule has 0 aliphatic heterocycles. The third-order valence-electron chi connectivity index (χ3n) is 2.25. The molecule has 0 saturated heterocycles. The lowest BCUT2D eigenvalue weighted by molar-refractivity contribution is 0.963. The Morgan fingerprint density at radius 2 is 2.06 bits per heavy atom. The van der Waals surface area contributed by atoms with E-state index in [9.17, 15) is 4.79 Å². The van der Waals surface area contributed by atoms with Crippen molar-refractivity contribution in [1.82, 2.24) is 19.6 Å². The van der Waals surface area contributed by atoms with Crippen molar-refractivity contribution >= 4 is 17.4 Å². The van der Waals surface area contributed by atoms with Crippen LogP contribution in [-0.4, -0.2) is 19.6 Å². The molecule has 2 heterocycles. The molecule has 0 aliphatic rings. The average Bonchev–Trinajstić information content (AvgIpc) is 2.72. The van der Waals surface area contributed by atoms with E-state index < -0.39 is 0 Å². The molecule has 6 heteroatoms. The number of fused-ring (bicyclic) bond motifs is 1. The number of rotatable bonds is 2. The minimum absolute atomic E-state index is 0.274. The van der Waals surface area contributed by atoms with E-state index in [1.54, 1.807) is 6.07 Å². The zero-order chi connectivity index (χ0) is 11.7. The van der Waals surface area contributed by atoms with Gasteiger partial charge in [-0.25, -0.2) is 19.3 Å². The van der Waals surface area contributed by atoms with Crippen LogP contribution in [0.3, 0.4) is 0 Å². The molecule has 1 aromatic carbocycles. The molecule has 17 heavy (non-hydrogen) atoms. The molecule has 0 amide bonds. The fourth-order valence-corrected chi connectivity index (χ4v) is 2.26. The van der Waals surface area contributed by atoms with Crippen LogP contribution >= 0.6 is 11.8 Å². The molecular formula is C11H8N4OS. The first-order valence-corrected chi connectivity index (χ1v) is 5.80. The van der Waals surface area contributed by atoms with E-state index >= 15 is 0 Å². The number of nitrogens with one attached hydrogen (secondary N) is 1. The maximum atomic E-state index is 11.2. The molecule has 5 nitrogen and oxygen atoms in total. The maximum absolute atomic E-state index is 11.2. The summed E-state index contributed by atoms with van der Waals surface area (Å²) in [5, 5.41) is 7.08. The minimum Gasteiger partial charge on any atom is -0.246 e. The van der Waals surface area contributed by atoms with Gasteiger partial charge in [0.15, 0.2) is 5.65 Å². The normalized spacial score (nSPS) is 10.8. The van der Waals surface area contributed by atoms with Gasteiger partial charge in [-0.1, -0.05) is 30.0 Å². The second-order valence-corrected chi connectivity index (χ2v) is 4.49. The Morgan fingerprint density at radius 3 is 2.88 bits per heavy atom. The Balaban J connectivity index is 1.99. The Bertz CT molecular complexity index is 704. The number of hydrogen-bond acceptors (Lipinski definition) is 4. The molecule has 0 unspecified atom stereocenters. The lowest BCUT2D eigenvalue weighted by Crippen LogP contribution is -2.09. The van der Waals surface area contributed by atoms with Crippen LogP contribution in [0.1, 0.15) is 0 Å². The van der Waals surface area contributed by atoms with Gasteiger partial charge in [0.25, 0.3) is 0 Å². The highest BCUT2D eigenvalue weighted by atomic mass is 32.2. The van der Waals surface area contributed by atoms with E-state index in [1.165, 1.54) is 22.5 Å². The maximum Gasteiger partial charge on any atom is 0.348 e. The van der Waals surface area contributed by atoms with Crippen molar-refractivity contribution in [2.45, 2.75) is 9.92 Å². The number of nitrogens with zero attached hydrogens (tertiary/aromatic N) is 3. The molecule has 3 rings (SSSR count). The number of aromatic amines is 1. The van der Waals surface area contributed by atoms with Crippen LogP contribution in [0.4, 0.5) is 0 Å². The smallest absolute Gasteiger partial charge is 0.246 e. The molecule has 84 valence electrons. The predicted octanol–water partition coefficient (Wildman–Crippen LogP) is 1.57. The van der Waals surface area contributed by atoms with E-state index in [4.69, 9.17) is 0 Å². The van der Waals surface area contributed by atoms with Gasteiger partial charge in [-0.3, -0.25) is 0 Å². The van der Waals surface area contributed by atoms with Crippen molar-refractivity contribution in [3.05, 3.63) is 53.2 Å². The standard InChI is InChI=1S/C11H8N4OS/c16-11-14-13-9-6-10(12-7-15(9)11)17-8-4-2-1-3-5-8/h1-7H,(H,14,16). The van der Waals surface area contributed by atoms with E-state index in [0.29, 0.717) is 5.65 Å². The van der Waals surface area contributed by atoms with Gasteiger partial charge in [-0.15, -0.1) is 0 Å². The highest BCUT2D eigenvalue weighted by Crippen LogP contribution is 2.25. The molecule has 2 aromatic heterocycles. The van der Waals surface area contributed by atoms with Crippen LogP contribution in [0.25, 0.3) is 5.65 Å². The van der Waals surface area contributed by atoms with Crippen LogP contribution < -0.4 is 5.69 Å². The van der Waals surface area contributed by atoms with Crippen molar-refractivity contribution in [3.8, 4) is 0 Å². The largest absolute Gasteiger partial charge is 0.348 e. The molecule has 0 spiro atoms. The Hall–Kier alpha value is -2.08. The molecular weight excluding hydrogens is 236 g/mol. The lowest BCUT2D eigenvalue weighted by Gasteiger charge is -1.99. The van der Waals surface area contributed by atoms with Gasteiger partial charge in [0, 0.05) is 11.0 Å². The highest BCUT2D eigenvalue weighted by molar-refractivity contribution is 7.99. The van der Waals surface area contributed by atoms with Gasteiger partial charge < -0.3 is 0 Å². The highest BCUT2D eigenvalue weighted by Gasteiger charge is 2.03. The summed E-state index contributed by atoms with van der Waals surface area (Å²) >= 11 is 1.53. The van der Waals surface area contributed by atoms with E-state index in [2.05, 4.69) is 15.2 Å². The van der Waals surface area contributed by atoms with Crippen molar-refractivity contribution in [2.75, 3.05) is 0 Å². The summed E-state index contributed by atoms with van der Waals surface area (Å²) in [5.74, 6) is 0. The average molecular weight is 244 g/mol. The summed E-state index contributed by atoms with van der Waals surface area (Å²) in [6, 6.07) is 11.7. The van der Waals surface area contributed by atoms with Crippen LogP contribution in [0.2, 0.25) is 0 Å². The van der Waals surface area contributed by atoms with Crippen molar-refractivity contribution < 1.29 is 0 Å². The summed E-state index contributed by atoms with van der Waals surface area (Å²) in [7, 11) is 0. The SMILES string of the molecule is O=c1[nH]nc2cc(Sc3ccccc3)ncn12. The molecule has 0 aliphatic carbocycles. The molecule has 0 atom stereocenters. The first-order valence-electron chi connectivity index (χ1n) is 4.98. The Kier molecular flexibility index (Phi) is 2.41. The van der Waals surface area contributed by atoms with E-state index in [1.807, 2.05) is 30.3 Å². The zero-order valence-corrected chi connectivity index (χ0v) is 9.52. The third-order valence-corrected chi connectivity index (χ3v) is 3.19. The first-order chi connectivity index (χ1) is 8.33. The minimum atomic E-state index is -0.274. The summed E-state index contributed by atoms with van der Waals surface area (Å²) in [4.78, 5) is 16.5. The van der Waals surface area contributed by atoms with E-state index in [-0.39, 0.29) is 5.69 Å². The van der Waals surface area contributed by atoms with Gasteiger partial charge in [-0.2, -0.15) is 5.10 Å². The molecule has 0 radical (unpaired) electrons. The molecule has 0 saturated carbocycles. The number of aromatic nitrogens is 4.